The zero-order valence-corrected chi connectivity index (χ0v) is 15.1. The van der Waals surface area contributed by atoms with Gasteiger partial charge in [0.25, 0.3) is 5.91 Å². The van der Waals surface area contributed by atoms with Crippen molar-refractivity contribution in [3.05, 3.63) is 49.0 Å². The summed E-state index contributed by atoms with van der Waals surface area (Å²) < 4.78 is 2.13. The van der Waals surface area contributed by atoms with Crippen LogP contribution in [0.15, 0.2) is 38.6 Å². The Morgan fingerprint density at radius 1 is 1.30 bits per heavy atom. The fraction of sp³-hybridized carbons (Fsp3) is 0.214. The zero-order valence-electron chi connectivity index (χ0n) is 11.1. The molecular formula is C14H14Br2N2OS. The number of carbonyl (C=O) groups excluding carboxylic acids is 1. The molecule has 20 heavy (non-hydrogen) atoms. The minimum absolute atomic E-state index is 0.00152. The van der Waals surface area contributed by atoms with E-state index in [2.05, 4.69) is 43.2 Å². The fourth-order valence-electron chi connectivity index (χ4n) is 1.73. The molecule has 1 aromatic heterocycles. The maximum Gasteiger partial charge on any atom is 0.255 e. The molecule has 1 aromatic carbocycles. The fourth-order valence-corrected chi connectivity index (χ4v) is 3.84. The topological polar surface area (TPSA) is 32.3 Å². The molecule has 2 aromatic rings. The highest BCUT2D eigenvalue weighted by atomic mass is 79.9. The smallest absolute Gasteiger partial charge is 0.255 e. The molecule has 0 radical (unpaired) electrons. The van der Waals surface area contributed by atoms with Crippen LogP contribution >= 0.6 is 43.2 Å². The first-order chi connectivity index (χ1) is 9.49. The van der Waals surface area contributed by atoms with E-state index in [4.69, 9.17) is 0 Å². The van der Waals surface area contributed by atoms with Crippen molar-refractivity contribution in [2.45, 2.75) is 6.54 Å². The largest absolute Gasteiger partial charge is 0.380 e. The normalized spacial score (nSPS) is 10.4. The second kappa shape index (κ2) is 6.74. The monoisotopic (exact) mass is 416 g/mol. The molecule has 1 amide bonds. The van der Waals surface area contributed by atoms with Gasteiger partial charge in [-0.2, -0.15) is 0 Å². The number of hydrogen-bond donors (Lipinski definition) is 1. The summed E-state index contributed by atoms with van der Waals surface area (Å²) in [5.41, 5.74) is 1.54. The summed E-state index contributed by atoms with van der Waals surface area (Å²) in [6.45, 7) is 0.687. The van der Waals surface area contributed by atoms with Crippen LogP contribution < -0.4 is 5.32 Å². The van der Waals surface area contributed by atoms with Crippen LogP contribution in [0, 0.1) is 0 Å². The number of para-hydroxylation sites is 1. The van der Waals surface area contributed by atoms with Crippen LogP contribution in [0.2, 0.25) is 0 Å². The number of thiophene rings is 1. The van der Waals surface area contributed by atoms with Gasteiger partial charge in [-0.1, -0.05) is 12.1 Å². The molecule has 0 aliphatic rings. The van der Waals surface area contributed by atoms with Crippen LogP contribution in [-0.4, -0.2) is 24.9 Å². The van der Waals surface area contributed by atoms with Crippen LogP contribution in [0.25, 0.3) is 0 Å². The van der Waals surface area contributed by atoms with Gasteiger partial charge in [0, 0.05) is 35.7 Å². The van der Waals surface area contributed by atoms with Gasteiger partial charge in [0.2, 0.25) is 0 Å². The molecule has 106 valence electrons. The number of anilines is 1. The number of halogens is 2. The summed E-state index contributed by atoms with van der Waals surface area (Å²) in [6, 6.07) is 9.63. The van der Waals surface area contributed by atoms with Crippen molar-refractivity contribution in [3.63, 3.8) is 0 Å². The molecule has 0 aliphatic carbocycles. The molecule has 0 spiro atoms. The summed E-state index contributed by atoms with van der Waals surface area (Å²) in [4.78, 5) is 14.9. The van der Waals surface area contributed by atoms with Gasteiger partial charge < -0.3 is 10.2 Å². The highest BCUT2D eigenvalue weighted by Crippen LogP contribution is 2.32. The molecule has 0 fully saturated rings. The van der Waals surface area contributed by atoms with E-state index in [0.29, 0.717) is 12.1 Å². The van der Waals surface area contributed by atoms with Crippen molar-refractivity contribution >= 4 is 54.8 Å². The quantitative estimate of drug-likeness (QED) is 0.788. The molecule has 0 aliphatic heterocycles. The van der Waals surface area contributed by atoms with Gasteiger partial charge in [-0.15, -0.1) is 11.3 Å². The molecule has 0 bridgehead atoms. The van der Waals surface area contributed by atoms with Gasteiger partial charge in [-0.05, 0) is 50.1 Å². The number of hydrogen-bond acceptors (Lipinski definition) is 3. The minimum Gasteiger partial charge on any atom is -0.380 e. The molecule has 0 saturated carbocycles. The van der Waals surface area contributed by atoms with Crippen molar-refractivity contribution in [3.8, 4) is 0 Å². The molecule has 0 saturated heterocycles. The lowest BCUT2D eigenvalue weighted by Gasteiger charge is -2.14. The van der Waals surface area contributed by atoms with Gasteiger partial charge in [0.15, 0.2) is 0 Å². The van der Waals surface area contributed by atoms with Gasteiger partial charge >= 0.3 is 0 Å². The van der Waals surface area contributed by atoms with Crippen molar-refractivity contribution in [1.29, 1.82) is 0 Å². The van der Waals surface area contributed by atoms with E-state index < -0.39 is 0 Å². The lowest BCUT2D eigenvalue weighted by Crippen LogP contribution is -2.22. The zero-order chi connectivity index (χ0) is 14.7. The average Bonchev–Trinajstić information content (AvgIpc) is 2.75. The minimum atomic E-state index is 0.00152. The van der Waals surface area contributed by atoms with Crippen LogP contribution in [0.5, 0.6) is 0 Å². The Labute approximate surface area is 139 Å². The second-order valence-corrected chi connectivity index (χ2v) is 7.74. The number of nitrogens with one attached hydrogen (secondary N) is 1. The summed E-state index contributed by atoms with van der Waals surface area (Å²) in [5.74, 6) is 0.00152. The first-order valence-electron chi connectivity index (χ1n) is 5.97. The molecule has 1 N–H and O–H groups in total. The first kappa shape index (κ1) is 15.5. The maximum atomic E-state index is 12.1. The third-order valence-electron chi connectivity index (χ3n) is 2.71. The highest BCUT2D eigenvalue weighted by molar-refractivity contribution is 9.13. The van der Waals surface area contributed by atoms with Crippen LogP contribution in [0.4, 0.5) is 5.69 Å². The molecule has 1 heterocycles. The van der Waals surface area contributed by atoms with E-state index in [-0.39, 0.29) is 5.91 Å². The number of amides is 1. The summed E-state index contributed by atoms with van der Waals surface area (Å²) >= 11 is 8.62. The molecule has 6 heteroatoms. The third kappa shape index (κ3) is 3.62. The Bertz CT molecular complexity index is 606. The molecule has 0 unspecified atom stereocenters. The first-order valence-corrected chi connectivity index (χ1v) is 8.37. The predicted molar refractivity (Wildman–Crippen MR) is 91.5 cm³/mol. The average molecular weight is 418 g/mol. The SMILES string of the molecule is CN(C)C(=O)c1ccccc1NCc1cc(Br)c(Br)s1. The van der Waals surface area contributed by atoms with E-state index >= 15 is 0 Å². The predicted octanol–water partition coefficient (Wildman–Crippen LogP) is 4.59. The lowest BCUT2D eigenvalue weighted by molar-refractivity contribution is 0.0828. The van der Waals surface area contributed by atoms with E-state index in [0.717, 1.165) is 13.9 Å². The van der Waals surface area contributed by atoms with E-state index in [1.54, 1.807) is 30.3 Å². The summed E-state index contributed by atoms with van der Waals surface area (Å²) in [6.07, 6.45) is 0. The Morgan fingerprint density at radius 2 is 2.00 bits per heavy atom. The van der Waals surface area contributed by atoms with Gasteiger partial charge in [0.1, 0.15) is 0 Å². The lowest BCUT2D eigenvalue weighted by atomic mass is 10.1. The third-order valence-corrected chi connectivity index (χ3v) is 5.97. The van der Waals surface area contributed by atoms with Crippen LogP contribution in [0.1, 0.15) is 15.2 Å². The Morgan fingerprint density at radius 3 is 2.60 bits per heavy atom. The van der Waals surface area contributed by atoms with E-state index in [1.807, 2.05) is 24.3 Å². The maximum absolute atomic E-state index is 12.1. The number of nitrogens with zero attached hydrogens (tertiary/aromatic N) is 1. The Balaban J connectivity index is 2.15. The van der Waals surface area contributed by atoms with E-state index in [9.17, 15) is 4.79 Å². The molecule has 2 rings (SSSR count). The molecule has 0 atom stereocenters. The summed E-state index contributed by atoms with van der Waals surface area (Å²) in [7, 11) is 3.51. The van der Waals surface area contributed by atoms with Gasteiger partial charge in [-0.3, -0.25) is 4.79 Å². The van der Waals surface area contributed by atoms with Crippen LogP contribution in [-0.2, 0) is 6.54 Å². The van der Waals surface area contributed by atoms with Crippen molar-refractivity contribution in [2.75, 3.05) is 19.4 Å². The standard InChI is InChI=1S/C14H14Br2N2OS/c1-18(2)14(19)10-5-3-4-6-12(10)17-8-9-7-11(15)13(16)20-9/h3-7,17H,8H2,1-2H3. The van der Waals surface area contributed by atoms with Gasteiger partial charge in [0.05, 0.1) is 9.35 Å². The van der Waals surface area contributed by atoms with Crippen LogP contribution in [0.3, 0.4) is 0 Å². The Kier molecular flexibility index (Phi) is 5.23. The Hall–Kier alpha value is -0.850. The number of rotatable bonds is 4. The number of carbonyl (C=O) groups is 1. The second-order valence-electron chi connectivity index (χ2n) is 4.43. The summed E-state index contributed by atoms with van der Waals surface area (Å²) in [5, 5.41) is 3.33. The molecular weight excluding hydrogens is 404 g/mol. The van der Waals surface area contributed by atoms with Crippen molar-refractivity contribution < 1.29 is 4.79 Å². The van der Waals surface area contributed by atoms with Crippen molar-refractivity contribution in [1.82, 2.24) is 4.90 Å². The van der Waals surface area contributed by atoms with E-state index in [1.165, 1.54) is 4.88 Å². The van der Waals surface area contributed by atoms with Gasteiger partial charge in [-0.25, -0.2) is 0 Å². The number of benzene rings is 1. The molecule has 3 nitrogen and oxygen atoms in total. The van der Waals surface area contributed by atoms with Crippen molar-refractivity contribution in [2.24, 2.45) is 0 Å². The highest BCUT2D eigenvalue weighted by Gasteiger charge is 2.12.